The van der Waals surface area contributed by atoms with Crippen LogP contribution in [0.25, 0.3) is 0 Å². The Balaban J connectivity index is 2.87. The maximum absolute atomic E-state index is 10.6. The second-order valence-electron chi connectivity index (χ2n) is 3.27. The molecule has 1 aromatic carbocycles. The molecule has 0 amide bonds. The highest BCUT2D eigenvalue weighted by atomic mass is 16.8. The molecule has 1 rings (SSSR count). The van der Waals surface area contributed by atoms with E-state index in [0.717, 1.165) is 11.8 Å². The maximum Gasteiger partial charge on any atom is 0.242 e. The first-order valence-corrected chi connectivity index (χ1v) is 5.04. The summed E-state index contributed by atoms with van der Waals surface area (Å²) >= 11 is 0. The van der Waals surface area contributed by atoms with Crippen LogP contribution in [0.1, 0.15) is 11.7 Å². The number of ether oxygens (including phenoxy) is 2. The van der Waals surface area contributed by atoms with E-state index in [9.17, 15) is 5.21 Å². The van der Waals surface area contributed by atoms with Gasteiger partial charge in [0.1, 0.15) is 5.75 Å². The van der Waals surface area contributed by atoms with Gasteiger partial charge in [-0.05, 0) is 17.7 Å². The Morgan fingerprint density at radius 2 is 2.12 bits per heavy atom. The summed E-state index contributed by atoms with van der Waals surface area (Å²) in [5.41, 5.74) is 0.738. The molecular weight excluding hydrogens is 222 g/mol. The van der Waals surface area contributed by atoms with Crippen molar-refractivity contribution in [2.75, 3.05) is 13.7 Å². The summed E-state index contributed by atoms with van der Waals surface area (Å²) in [6.45, 7) is 3.80. The highest BCUT2D eigenvalue weighted by Crippen LogP contribution is 2.19. The van der Waals surface area contributed by atoms with E-state index in [-0.39, 0.29) is 11.5 Å². The van der Waals surface area contributed by atoms with Crippen LogP contribution in [0.15, 0.2) is 36.9 Å². The number of hydrogen-bond donors (Lipinski definition) is 1. The van der Waals surface area contributed by atoms with Crippen LogP contribution in [-0.2, 0) is 4.74 Å². The Morgan fingerprint density at radius 3 is 2.59 bits per heavy atom. The average Bonchev–Trinajstić information content (AvgIpc) is 2.34. The van der Waals surface area contributed by atoms with Gasteiger partial charge < -0.3 is 14.7 Å². The van der Waals surface area contributed by atoms with Crippen molar-refractivity contribution in [2.24, 2.45) is 0 Å². The molecule has 0 aliphatic heterocycles. The van der Waals surface area contributed by atoms with Crippen molar-refractivity contribution in [1.82, 2.24) is 0 Å². The summed E-state index contributed by atoms with van der Waals surface area (Å²) in [6, 6.07) is 7.01. The highest BCUT2D eigenvalue weighted by Gasteiger charge is 2.14. The quantitative estimate of drug-likeness (QED) is 0.270. The summed E-state index contributed by atoms with van der Waals surface area (Å²) in [6.07, 6.45) is 1.96. The molecule has 0 aliphatic carbocycles. The van der Waals surface area contributed by atoms with Gasteiger partial charge in [0.25, 0.3) is 0 Å². The third-order valence-electron chi connectivity index (χ3n) is 2.10. The molecule has 1 unspecified atom stereocenters. The molecule has 0 fully saturated rings. The summed E-state index contributed by atoms with van der Waals surface area (Å²) in [5, 5.41) is 19.3. The first kappa shape index (κ1) is 13.1. The zero-order chi connectivity index (χ0) is 12.7. The molecule has 0 bridgehead atoms. The molecule has 1 aromatic rings. The fourth-order valence-corrected chi connectivity index (χ4v) is 1.31. The Bertz CT molecular complexity index is 382. The molecule has 0 spiro atoms. The second-order valence-corrected chi connectivity index (χ2v) is 3.27. The maximum atomic E-state index is 10.6. The molecular formula is C12H15NO4. The number of nitrogens with zero attached hydrogens (tertiary/aromatic N) is 1. The lowest BCUT2D eigenvalue weighted by molar-refractivity contribution is -0.724. The van der Waals surface area contributed by atoms with Crippen LogP contribution < -0.4 is 4.74 Å². The van der Waals surface area contributed by atoms with E-state index in [1.165, 1.54) is 0 Å². The Kier molecular flexibility index (Phi) is 5.03. The molecule has 0 heterocycles. The number of benzene rings is 1. The molecule has 92 valence electrons. The van der Waals surface area contributed by atoms with Gasteiger partial charge >= 0.3 is 0 Å². The van der Waals surface area contributed by atoms with Gasteiger partial charge in [0.15, 0.2) is 6.10 Å². The molecule has 0 aromatic heterocycles. The van der Waals surface area contributed by atoms with Crippen molar-refractivity contribution >= 4 is 6.21 Å². The predicted molar refractivity (Wildman–Crippen MR) is 63.4 cm³/mol. The van der Waals surface area contributed by atoms with Crippen molar-refractivity contribution < 1.29 is 19.6 Å². The molecule has 5 nitrogen and oxygen atoms in total. The molecule has 0 saturated heterocycles. The monoisotopic (exact) mass is 237 g/mol. The third kappa shape index (κ3) is 4.16. The van der Waals surface area contributed by atoms with Crippen molar-refractivity contribution in [2.45, 2.75) is 6.10 Å². The molecule has 0 radical (unpaired) electrons. The standard InChI is InChI=1S/C12H15NO4/c1-3-8-17-12(9-13(14)15)10-4-6-11(16-2)7-5-10/h3-7,9,12H,1,8H2,2H3,(H,14,15). The van der Waals surface area contributed by atoms with E-state index in [1.807, 2.05) is 0 Å². The minimum absolute atomic E-state index is 0.266. The Labute approximate surface area is 99.8 Å². The normalized spacial score (nSPS) is 13.1. The molecule has 17 heavy (non-hydrogen) atoms. The summed E-state index contributed by atoms with van der Waals surface area (Å²) in [7, 11) is 1.57. The van der Waals surface area contributed by atoms with E-state index in [4.69, 9.17) is 14.7 Å². The van der Waals surface area contributed by atoms with Crippen molar-refractivity contribution in [1.29, 1.82) is 0 Å². The van der Waals surface area contributed by atoms with Gasteiger partial charge in [-0.25, -0.2) is 0 Å². The minimum Gasteiger partial charge on any atom is -0.497 e. The van der Waals surface area contributed by atoms with Gasteiger partial charge in [-0.1, -0.05) is 18.2 Å². The van der Waals surface area contributed by atoms with Gasteiger partial charge in [0.05, 0.1) is 13.7 Å². The van der Waals surface area contributed by atoms with Gasteiger partial charge in [-0.3, -0.25) is 5.21 Å². The van der Waals surface area contributed by atoms with Crippen LogP contribution in [0.3, 0.4) is 0 Å². The number of rotatable bonds is 6. The van der Waals surface area contributed by atoms with E-state index >= 15 is 0 Å². The van der Waals surface area contributed by atoms with Crippen LogP contribution in [0.5, 0.6) is 5.75 Å². The number of methoxy groups -OCH3 is 1. The first-order valence-electron chi connectivity index (χ1n) is 5.04. The van der Waals surface area contributed by atoms with Crippen LogP contribution in [0.4, 0.5) is 0 Å². The summed E-state index contributed by atoms with van der Waals surface area (Å²) in [4.78, 5) is -0.266. The molecule has 0 saturated carbocycles. The fourth-order valence-electron chi connectivity index (χ4n) is 1.31. The van der Waals surface area contributed by atoms with E-state index in [1.54, 1.807) is 37.5 Å². The van der Waals surface area contributed by atoms with Crippen molar-refractivity contribution in [3.05, 3.63) is 47.7 Å². The zero-order valence-corrected chi connectivity index (χ0v) is 9.57. The lowest BCUT2D eigenvalue weighted by Gasteiger charge is -2.11. The fraction of sp³-hybridized carbons (Fsp3) is 0.250. The van der Waals surface area contributed by atoms with Crippen LogP contribution in [-0.4, -0.2) is 30.0 Å². The lowest BCUT2D eigenvalue weighted by atomic mass is 10.1. The van der Waals surface area contributed by atoms with Crippen molar-refractivity contribution in [3.63, 3.8) is 0 Å². The van der Waals surface area contributed by atoms with Crippen LogP contribution >= 0.6 is 0 Å². The minimum atomic E-state index is -0.624. The smallest absolute Gasteiger partial charge is 0.242 e. The van der Waals surface area contributed by atoms with Crippen LogP contribution in [0, 0.1) is 5.21 Å². The highest BCUT2D eigenvalue weighted by molar-refractivity contribution is 5.61. The van der Waals surface area contributed by atoms with Gasteiger partial charge in [-0.15, -0.1) is 6.58 Å². The molecule has 1 N–H and O–H groups in total. The first-order chi connectivity index (χ1) is 8.17. The third-order valence-corrected chi connectivity index (χ3v) is 2.10. The van der Waals surface area contributed by atoms with E-state index in [2.05, 4.69) is 6.58 Å². The largest absolute Gasteiger partial charge is 0.497 e. The van der Waals surface area contributed by atoms with Gasteiger partial charge in [0, 0.05) is 4.90 Å². The molecule has 5 heteroatoms. The molecule has 1 atom stereocenters. The Hall–Kier alpha value is -2.01. The van der Waals surface area contributed by atoms with E-state index < -0.39 is 6.10 Å². The second kappa shape index (κ2) is 6.55. The SMILES string of the molecule is C=CCOC(/C=[N+](/[O-])O)c1ccc(OC)cc1. The topological polar surface area (TPSA) is 64.8 Å². The van der Waals surface area contributed by atoms with Gasteiger partial charge in [0.2, 0.25) is 6.21 Å². The zero-order valence-electron chi connectivity index (χ0n) is 9.57. The van der Waals surface area contributed by atoms with Gasteiger partial charge in [-0.2, -0.15) is 0 Å². The average molecular weight is 237 g/mol. The predicted octanol–water partition coefficient (Wildman–Crippen LogP) is 1.91. The molecule has 0 aliphatic rings. The van der Waals surface area contributed by atoms with E-state index in [0.29, 0.717) is 5.75 Å². The lowest BCUT2D eigenvalue weighted by Crippen LogP contribution is -2.12. The summed E-state index contributed by atoms with van der Waals surface area (Å²) < 4.78 is 10.4. The number of hydrogen-bond acceptors (Lipinski definition) is 4. The van der Waals surface area contributed by atoms with Crippen molar-refractivity contribution in [3.8, 4) is 5.75 Å². The summed E-state index contributed by atoms with van der Waals surface area (Å²) in [5.74, 6) is 0.708. The van der Waals surface area contributed by atoms with Crippen LogP contribution in [0.2, 0.25) is 0 Å². The Morgan fingerprint density at radius 1 is 1.47 bits per heavy atom.